The number of methoxy groups -OCH3 is 2. The standard InChI is InChI=1S/C20H27FN4O2.HI/c1-22-20(23-12-14-6-9-18(25(2)3)17(21)10-14)24-13-15-7-8-16(26-4)11-19(15)27-5;/h6-11H,12-13H2,1-5H3,(H2,22,23,24);1H. The molecule has 0 saturated heterocycles. The lowest BCUT2D eigenvalue weighted by Crippen LogP contribution is -2.36. The van der Waals surface area contributed by atoms with Crippen LogP contribution in [-0.4, -0.2) is 41.3 Å². The number of halogens is 2. The molecule has 0 unspecified atom stereocenters. The predicted molar refractivity (Wildman–Crippen MR) is 123 cm³/mol. The monoisotopic (exact) mass is 502 g/mol. The van der Waals surface area contributed by atoms with Gasteiger partial charge in [0.1, 0.15) is 17.3 Å². The molecule has 0 fully saturated rings. The third-order valence-corrected chi connectivity index (χ3v) is 4.12. The highest BCUT2D eigenvalue weighted by Gasteiger charge is 2.08. The zero-order valence-corrected chi connectivity index (χ0v) is 19.2. The normalized spacial score (nSPS) is 10.7. The van der Waals surface area contributed by atoms with Crippen LogP contribution in [0.25, 0.3) is 0 Å². The van der Waals surface area contributed by atoms with Crippen molar-refractivity contribution in [2.24, 2.45) is 4.99 Å². The molecule has 2 aromatic carbocycles. The Hall–Kier alpha value is -2.23. The van der Waals surface area contributed by atoms with Gasteiger partial charge in [0.25, 0.3) is 0 Å². The van der Waals surface area contributed by atoms with Crippen molar-refractivity contribution in [3.63, 3.8) is 0 Å². The second-order valence-electron chi connectivity index (χ2n) is 6.14. The van der Waals surface area contributed by atoms with Crippen molar-refractivity contribution >= 4 is 35.6 Å². The number of ether oxygens (including phenoxy) is 2. The number of hydrogen-bond donors (Lipinski definition) is 2. The van der Waals surface area contributed by atoms with Crippen molar-refractivity contribution < 1.29 is 13.9 Å². The molecular weight excluding hydrogens is 474 g/mol. The summed E-state index contributed by atoms with van der Waals surface area (Å²) in [6.45, 7) is 0.991. The molecule has 0 aromatic heterocycles. The molecule has 154 valence electrons. The maximum absolute atomic E-state index is 14.1. The lowest BCUT2D eigenvalue weighted by molar-refractivity contribution is 0.390. The zero-order chi connectivity index (χ0) is 19.8. The number of anilines is 1. The van der Waals surface area contributed by atoms with E-state index in [4.69, 9.17) is 9.47 Å². The molecule has 0 heterocycles. The maximum atomic E-state index is 14.1. The molecule has 0 bridgehead atoms. The molecule has 8 heteroatoms. The van der Waals surface area contributed by atoms with Crippen LogP contribution >= 0.6 is 24.0 Å². The summed E-state index contributed by atoms with van der Waals surface area (Å²) in [4.78, 5) is 5.95. The average molecular weight is 502 g/mol. The van der Waals surface area contributed by atoms with Crippen molar-refractivity contribution in [1.82, 2.24) is 10.6 Å². The van der Waals surface area contributed by atoms with E-state index in [1.807, 2.05) is 38.4 Å². The van der Waals surface area contributed by atoms with Gasteiger partial charge in [0.05, 0.1) is 19.9 Å². The van der Waals surface area contributed by atoms with Gasteiger partial charge in [-0.2, -0.15) is 0 Å². The Morgan fingerprint density at radius 2 is 1.75 bits per heavy atom. The van der Waals surface area contributed by atoms with Crippen LogP contribution < -0.4 is 25.0 Å². The van der Waals surface area contributed by atoms with Crippen LogP contribution in [0.5, 0.6) is 11.5 Å². The molecule has 6 nitrogen and oxygen atoms in total. The lowest BCUT2D eigenvalue weighted by atomic mass is 10.2. The van der Waals surface area contributed by atoms with E-state index < -0.39 is 0 Å². The Kier molecular flexibility index (Phi) is 9.84. The zero-order valence-electron chi connectivity index (χ0n) is 16.9. The number of benzene rings is 2. The van der Waals surface area contributed by atoms with Crippen molar-refractivity contribution in [2.75, 3.05) is 40.3 Å². The second kappa shape index (κ2) is 11.6. The summed E-state index contributed by atoms with van der Waals surface area (Å²) < 4.78 is 24.7. The fourth-order valence-corrected chi connectivity index (χ4v) is 2.61. The largest absolute Gasteiger partial charge is 0.497 e. The molecule has 0 saturated carbocycles. The first-order valence-corrected chi connectivity index (χ1v) is 8.59. The molecule has 2 aromatic rings. The van der Waals surface area contributed by atoms with E-state index in [0.717, 1.165) is 22.6 Å². The van der Waals surface area contributed by atoms with E-state index >= 15 is 0 Å². The first-order valence-electron chi connectivity index (χ1n) is 8.59. The third kappa shape index (κ3) is 6.43. The minimum absolute atomic E-state index is 0. The quantitative estimate of drug-likeness (QED) is 0.346. The van der Waals surface area contributed by atoms with Crippen molar-refractivity contribution in [3.05, 3.63) is 53.3 Å². The third-order valence-electron chi connectivity index (χ3n) is 4.12. The summed E-state index contributed by atoms with van der Waals surface area (Å²) in [5.74, 6) is 1.84. The molecule has 0 aliphatic heterocycles. The first-order chi connectivity index (χ1) is 13.0. The number of hydrogen-bond acceptors (Lipinski definition) is 4. The summed E-state index contributed by atoms with van der Waals surface area (Å²) in [7, 11) is 8.56. The van der Waals surface area contributed by atoms with E-state index in [2.05, 4.69) is 15.6 Å². The average Bonchev–Trinajstić information content (AvgIpc) is 2.67. The summed E-state index contributed by atoms with van der Waals surface area (Å²) >= 11 is 0. The summed E-state index contributed by atoms with van der Waals surface area (Å²) in [6.07, 6.45) is 0. The molecule has 0 radical (unpaired) electrons. The van der Waals surface area contributed by atoms with Gasteiger partial charge in [0.15, 0.2) is 5.96 Å². The van der Waals surface area contributed by atoms with Gasteiger partial charge in [0, 0.05) is 45.9 Å². The highest BCUT2D eigenvalue weighted by Crippen LogP contribution is 2.24. The van der Waals surface area contributed by atoms with E-state index in [-0.39, 0.29) is 29.8 Å². The van der Waals surface area contributed by atoms with E-state index in [9.17, 15) is 4.39 Å². The Labute approximate surface area is 183 Å². The van der Waals surface area contributed by atoms with Crippen LogP contribution in [0.15, 0.2) is 41.4 Å². The van der Waals surface area contributed by atoms with Crippen LogP contribution in [-0.2, 0) is 13.1 Å². The fourth-order valence-electron chi connectivity index (χ4n) is 2.61. The van der Waals surface area contributed by atoms with Gasteiger partial charge >= 0.3 is 0 Å². The molecule has 2 rings (SSSR count). The molecule has 0 aliphatic carbocycles. The Morgan fingerprint density at radius 1 is 1.04 bits per heavy atom. The van der Waals surface area contributed by atoms with Crippen molar-refractivity contribution in [1.29, 1.82) is 0 Å². The lowest BCUT2D eigenvalue weighted by Gasteiger charge is -2.16. The Morgan fingerprint density at radius 3 is 2.32 bits per heavy atom. The molecule has 28 heavy (non-hydrogen) atoms. The van der Waals surface area contributed by atoms with Gasteiger partial charge in [-0.3, -0.25) is 4.99 Å². The molecule has 2 N–H and O–H groups in total. The number of nitrogens with zero attached hydrogens (tertiary/aromatic N) is 2. The highest BCUT2D eigenvalue weighted by atomic mass is 127. The SMILES string of the molecule is CN=C(NCc1ccc(N(C)C)c(F)c1)NCc1ccc(OC)cc1OC.I. The molecular formula is C20H28FIN4O2. The van der Waals surface area contributed by atoms with Gasteiger partial charge in [-0.15, -0.1) is 24.0 Å². The molecule has 0 aliphatic rings. The van der Waals surface area contributed by atoms with Gasteiger partial charge in [0.2, 0.25) is 0 Å². The van der Waals surface area contributed by atoms with Crippen LogP contribution in [0.4, 0.5) is 10.1 Å². The molecule has 0 spiro atoms. The van der Waals surface area contributed by atoms with Crippen LogP contribution in [0.3, 0.4) is 0 Å². The van der Waals surface area contributed by atoms with E-state index in [1.165, 1.54) is 6.07 Å². The van der Waals surface area contributed by atoms with E-state index in [1.54, 1.807) is 32.2 Å². The molecule has 0 amide bonds. The van der Waals surface area contributed by atoms with Crippen LogP contribution in [0.2, 0.25) is 0 Å². The van der Waals surface area contributed by atoms with Crippen molar-refractivity contribution in [2.45, 2.75) is 13.1 Å². The predicted octanol–water partition coefficient (Wildman–Crippen LogP) is 3.39. The van der Waals surface area contributed by atoms with Crippen LogP contribution in [0.1, 0.15) is 11.1 Å². The topological polar surface area (TPSA) is 58.1 Å². The van der Waals surface area contributed by atoms with Crippen molar-refractivity contribution in [3.8, 4) is 11.5 Å². The Balaban J connectivity index is 0.00000392. The number of rotatable bonds is 7. The number of nitrogens with one attached hydrogen (secondary N) is 2. The summed E-state index contributed by atoms with van der Waals surface area (Å²) in [5, 5.41) is 6.41. The first kappa shape index (κ1) is 23.8. The van der Waals surface area contributed by atoms with Gasteiger partial charge < -0.3 is 25.0 Å². The van der Waals surface area contributed by atoms with Gasteiger partial charge in [-0.25, -0.2) is 4.39 Å². The van der Waals surface area contributed by atoms with Crippen LogP contribution in [0, 0.1) is 5.82 Å². The number of guanidine groups is 1. The minimum atomic E-state index is -0.245. The summed E-state index contributed by atoms with van der Waals surface area (Å²) in [5.41, 5.74) is 2.37. The fraction of sp³-hybridized carbons (Fsp3) is 0.350. The van der Waals surface area contributed by atoms with Gasteiger partial charge in [-0.05, 0) is 29.8 Å². The maximum Gasteiger partial charge on any atom is 0.191 e. The van der Waals surface area contributed by atoms with E-state index in [0.29, 0.717) is 24.7 Å². The smallest absolute Gasteiger partial charge is 0.191 e. The minimum Gasteiger partial charge on any atom is -0.497 e. The Bertz CT molecular complexity index is 800. The van der Waals surface area contributed by atoms with Gasteiger partial charge in [-0.1, -0.05) is 6.07 Å². The molecule has 0 atom stereocenters. The second-order valence-corrected chi connectivity index (χ2v) is 6.14. The number of aliphatic imine (C=N–C) groups is 1. The highest BCUT2D eigenvalue weighted by molar-refractivity contribution is 14.0. The summed E-state index contributed by atoms with van der Waals surface area (Å²) in [6, 6.07) is 10.8.